The SMILES string of the molecule is CCCNC(=O)N(SC)c1c(C(=O)OCC)cnn1Cc1ccccc1. The van der Waals surface area contributed by atoms with Crippen LogP contribution < -0.4 is 9.62 Å². The Balaban J connectivity index is 2.41. The fourth-order valence-corrected chi connectivity index (χ4v) is 2.98. The second kappa shape index (κ2) is 9.86. The molecule has 0 atom stereocenters. The predicted octanol–water partition coefficient (Wildman–Crippen LogP) is 3.31. The molecule has 0 bridgehead atoms. The van der Waals surface area contributed by atoms with Gasteiger partial charge in [0.15, 0.2) is 5.82 Å². The number of urea groups is 1. The van der Waals surface area contributed by atoms with E-state index in [1.54, 1.807) is 17.9 Å². The molecular formula is C18H24N4O3S. The molecule has 0 radical (unpaired) electrons. The van der Waals surface area contributed by atoms with E-state index in [0.29, 0.717) is 18.9 Å². The molecule has 1 aromatic carbocycles. The molecule has 26 heavy (non-hydrogen) atoms. The molecule has 0 fully saturated rings. The Morgan fingerprint density at radius 1 is 1.27 bits per heavy atom. The van der Waals surface area contributed by atoms with E-state index in [9.17, 15) is 9.59 Å². The molecule has 2 amide bonds. The van der Waals surface area contributed by atoms with Crippen LogP contribution in [0.15, 0.2) is 36.5 Å². The fraction of sp³-hybridized carbons (Fsp3) is 0.389. The van der Waals surface area contributed by atoms with Gasteiger partial charge in [-0.3, -0.25) is 0 Å². The number of anilines is 1. The lowest BCUT2D eigenvalue weighted by atomic mass is 10.2. The van der Waals surface area contributed by atoms with Crippen LogP contribution in [-0.2, 0) is 11.3 Å². The van der Waals surface area contributed by atoms with Crippen LogP contribution in [0.1, 0.15) is 36.2 Å². The molecule has 0 spiro atoms. The minimum absolute atomic E-state index is 0.253. The topological polar surface area (TPSA) is 76.5 Å². The third-order valence-electron chi connectivity index (χ3n) is 3.57. The van der Waals surface area contributed by atoms with E-state index < -0.39 is 5.97 Å². The Hall–Kier alpha value is -2.48. The van der Waals surface area contributed by atoms with E-state index in [1.165, 1.54) is 22.4 Å². The van der Waals surface area contributed by atoms with Gasteiger partial charge in [-0.05, 0) is 30.9 Å². The van der Waals surface area contributed by atoms with Gasteiger partial charge in [-0.25, -0.2) is 18.6 Å². The summed E-state index contributed by atoms with van der Waals surface area (Å²) in [7, 11) is 0. The molecule has 0 unspecified atom stereocenters. The number of nitrogens with one attached hydrogen (secondary N) is 1. The summed E-state index contributed by atoms with van der Waals surface area (Å²) in [5, 5.41) is 7.16. The largest absolute Gasteiger partial charge is 0.462 e. The van der Waals surface area contributed by atoms with Gasteiger partial charge in [-0.15, -0.1) is 0 Å². The molecule has 1 heterocycles. The predicted molar refractivity (Wildman–Crippen MR) is 103 cm³/mol. The quantitative estimate of drug-likeness (QED) is 0.565. The highest BCUT2D eigenvalue weighted by molar-refractivity contribution is 8.00. The minimum atomic E-state index is -0.496. The number of nitrogens with zero attached hydrogens (tertiary/aromatic N) is 3. The van der Waals surface area contributed by atoms with E-state index >= 15 is 0 Å². The molecule has 0 saturated carbocycles. The van der Waals surface area contributed by atoms with Crippen LogP contribution >= 0.6 is 11.9 Å². The zero-order valence-electron chi connectivity index (χ0n) is 15.3. The third-order valence-corrected chi connectivity index (χ3v) is 4.27. The summed E-state index contributed by atoms with van der Waals surface area (Å²) in [6.45, 7) is 4.97. The number of ether oxygens (including phenoxy) is 1. The molecule has 1 N–H and O–H groups in total. The van der Waals surface area contributed by atoms with Gasteiger partial charge >= 0.3 is 12.0 Å². The number of carbonyl (C=O) groups excluding carboxylic acids is 2. The summed E-state index contributed by atoms with van der Waals surface area (Å²) in [4.78, 5) is 24.9. The number of amides is 2. The summed E-state index contributed by atoms with van der Waals surface area (Å²) in [5.74, 6) is -0.0856. The van der Waals surface area contributed by atoms with Gasteiger partial charge in [-0.2, -0.15) is 5.10 Å². The summed E-state index contributed by atoms with van der Waals surface area (Å²) < 4.78 is 8.21. The van der Waals surface area contributed by atoms with E-state index in [4.69, 9.17) is 4.74 Å². The molecule has 0 aliphatic carbocycles. The fourth-order valence-electron chi connectivity index (χ4n) is 2.39. The number of esters is 1. The molecule has 0 aliphatic heterocycles. The molecule has 0 aliphatic rings. The van der Waals surface area contributed by atoms with Crippen LogP contribution in [0.2, 0.25) is 0 Å². The van der Waals surface area contributed by atoms with Gasteiger partial charge in [0.05, 0.1) is 19.3 Å². The van der Waals surface area contributed by atoms with Crippen molar-refractivity contribution >= 4 is 29.8 Å². The summed E-state index contributed by atoms with van der Waals surface area (Å²) in [6, 6.07) is 9.45. The standard InChI is InChI=1S/C18H24N4O3S/c1-4-11-19-18(24)22(26-3)16-15(17(23)25-5-2)12-20-21(16)13-14-9-7-6-8-10-14/h6-10,12H,4-5,11,13H2,1-3H3,(H,19,24). The van der Waals surface area contributed by atoms with Crippen molar-refractivity contribution in [2.45, 2.75) is 26.8 Å². The van der Waals surface area contributed by atoms with Crippen molar-refractivity contribution in [2.75, 3.05) is 23.7 Å². The third kappa shape index (κ3) is 4.78. The lowest BCUT2D eigenvalue weighted by Gasteiger charge is -2.22. The lowest BCUT2D eigenvalue weighted by molar-refractivity contribution is 0.0527. The van der Waals surface area contributed by atoms with Crippen molar-refractivity contribution in [3.05, 3.63) is 47.7 Å². The molecule has 2 aromatic rings. The zero-order chi connectivity index (χ0) is 18.9. The van der Waals surface area contributed by atoms with Crippen LogP contribution in [0.25, 0.3) is 0 Å². The second-order valence-corrected chi connectivity index (χ2v) is 6.18. The first-order chi connectivity index (χ1) is 12.6. The first-order valence-corrected chi connectivity index (χ1v) is 9.69. The second-order valence-electron chi connectivity index (χ2n) is 5.45. The Kier molecular flexibility index (Phi) is 7.53. The van der Waals surface area contributed by atoms with Crippen molar-refractivity contribution < 1.29 is 14.3 Å². The first-order valence-electron chi connectivity index (χ1n) is 8.51. The highest BCUT2D eigenvalue weighted by Gasteiger charge is 2.27. The average molecular weight is 376 g/mol. The van der Waals surface area contributed by atoms with E-state index in [-0.39, 0.29) is 18.2 Å². The van der Waals surface area contributed by atoms with Gasteiger partial charge in [-0.1, -0.05) is 37.3 Å². The molecule has 7 nitrogen and oxygen atoms in total. The maximum atomic E-state index is 12.6. The first kappa shape index (κ1) is 19.8. The van der Waals surface area contributed by atoms with Gasteiger partial charge in [0.25, 0.3) is 0 Å². The minimum Gasteiger partial charge on any atom is -0.462 e. The van der Waals surface area contributed by atoms with Crippen molar-refractivity contribution in [2.24, 2.45) is 0 Å². The molecule has 0 saturated heterocycles. The van der Waals surface area contributed by atoms with Crippen LogP contribution in [0.5, 0.6) is 0 Å². The highest BCUT2D eigenvalue weighted by atomic mass is 32.2. The Bertz CT molecular complexity index is 733. The van der Waals surface area contributed by atoms with E-state index in [2.05, 4.69) is 10.4 Å². The van der Waals surface area contributed by atoms with Gasteiger partial charge < -0.3 is 10.1 Å². The van der Waals surface area contributed by atoms with Crippen molar-refractivity contribution in [3.8, 4) is 0 Å². The van der Waals surface area contributed by atoms with Crippen LogP contribution in [0, 0.1) is 0 Å². The molecule has 1 aromatic heterocycles. The van der Waals surface area contributed by atoms with Gasteiger partial charge in [0, 0.05) is 12.8 Å². The van der Waals surface area contributed by atoms with Crippen molar-refractivity contribution in [1.82, 2.24) is 15.1 Å². The average Bonchev–Trinajstić information content (AvgIpc) is 3.05. The Labute approximate surface area is 157 Å². The maximum Gasteiger partial charge on any atom is 0.343 e. The zero-order valence-corrected chi connectivity index (χ0v) is 16.1. The monoisotopic (exact) mass is 376 g/mol. The molecule has 2 rings (SSSR count). The van der Waals surface area contributed by atoms with Crippen LogP contribution in [-0.4, -0.2) is 41.2 Å². The maximum absolute atomic E-state index is 12.6. The van der Waals surface area contributed by atoms with E-state index in [0.717, 1.165) is 12.0 Å². The summed E-state index contributed by atoms with van der Waals surface area (Å²) in [6.07, 6.45) is 4.05. The summed E-state index contributed by atoms with van der Waals surface area (Å²) >= 11 is 1.21. The molecule has 140 valence electrons. The molecular weight excluding hydrogens is 352 g/mol. The van der Waals surface area contributed by atoms with Crippen molar-refractivity contribution in [3.63, 3.8) is 0 Å². The Morgan fingerprint density at radius 3 is 2.62 bits per heavy atom. The smallest absolute Gasteiger partial charge is 0.343 e. The number of hydrogen-bond acceptors (Lipinski definition) is 5. The Morgan fingerprint density at radius 2 is 2.00 bits per heavy atom. The number of carbonyl (C=O) groups is 2. The van der Waals surface area contributed by atoms with Crippen LogP contribution in [0.3, 0.4) is 0 Å². The number of aromatic nitrogens is 2. The molecule has 8 heteroatoms. The van der Waals surface area contributed by atoms with Gasteiger partial charge in [0.2, 0.25) is 0 Å². The highest BCUT2D eigenvalue weighted by Crippen LogP contribution is 2.27. The number of rotatable bonds is 8. The number of benzene rings is 1. The summed E-state index contributed by atoms with van der Waals surface area (Å²) in [5.41, 5.74) is 1.28. The normalized spacial score (nSPS) is 10.4. The lowest BCUT2D eigenvalue weighted by Crippen LogP contribution is -2.37. The number of hydrogen-bond donors (Lipinski definition) is 1. The van der Waals surface area contributed by atoms with Crippen LogP contribution in [0.4, 0.5) is 10.6 Å². The van der Waals surface area contributed by atoms with E-state index in [1.807, 2.05) is 37.3 Å². The van der Waals surface area contributed by atoms with Gasteiger partial charge in [0.1, 0.15) is 5.56 Å². The van der Waals surface area contributed by atoms with Crippen molar-refractivity contribution in [1.29, 1.82) is 0 Å².